The van der Waals surface area contributed by atoms with Crippen molar-refractivity contribution in [2.24, 2.45) is 0 Å². The first-order chi connectivity index (χ1) is 11.8. The molecule has 0 fully saturated rings. The molecule has 2 rings (SSSR count). The number of carbonyl (C=O) groups is 1. The number of amides is 1. The Morgan fingerprint density at radius 3 is 2.44 bits per heavy atom. The molecule has 1 amide bonds. The number of hydrogen-bond donors (Lipinski definition) is 2. The number of rotatable bonds is 7. The molecular formula is C19H24N2O3S. The van der Waals surface area contributed by atoms with Crippen LogP contribution in [0.25, 0.3) is 0 Å². The first kappa shape index (κ1) is 19.1. The van der Waals surface area contributed by atoms with Crippen LogP contribution in [-0.4, -0.2) is 27.4 Å². The maximum absolute atomic E-state index is 12.6. The van der Waals surface area contributed by atoms with Gasteiger partial charge in [0.15, 0.2) is 0 Å². The molecule has 0 spiro atoms. The topological polar surface area (TPSA) is 75.3 Å². The molecule has 0 aliphatic rings. The molecule has 6 heteroatoms. The Morgan fingerprint density at radius 1 is 1.12 bits per heavy atom. The minimum atomic E-state index is -3.67. The summed E-state index contributed by atoms with van der Waals surface area (Å²) in [5.41, 5.74) is 2.27. The van der Waals surface area contributed by atoms with Crippen molar-refractivity contribution in [2.75, 3.05) is 7.05 Å². The Labute approximate surface area is 149 Å². The van der Waals surface area contributed by atoms with Crippen LogP contribution in [0.1, 0.15) is 34.8 Å². The Kier molecular flexibility index (Phi) is 6.33. The van der Waals surface area contributed by atoms with Gasteiger partial charge in [-0.3, -0.25) is 4.79 Å². The van der Waals surface area contributed by atoms with E-state index in [4.69, 9.17) is 0 Å². The molecule has 0 saturated heterocycles. The largest absolute Gasteiger partial charge is 0.355 e. The van der Waals surface area contributed by atoms with Crippen LogP contribution in [0, 0.1) is 6.92 Å². The zero-order chi connectivity index (χ0) is 18.4. The number of hydrogen-bond acceptors (Lipinski definition) is 3. The molecule has 0 aliphatic carbocycles. The summed E-state index contributed by atoms with van der Waals surface area (Å²) in [5, 5.41) is 2.53. The Balaban J connectivity index is 2.09. The standard InChI is InChI=1S/C19H24N2O3S/c1-14-9-12-17(13-18(14)19(22)20-3)25(23,24)21-15(2)10-11-16-7-5-4-6-8-16/h4-9,12-13,15,21H,10-11H2,1-3H3,(H,20,22)/t15-/m1/s1. The van der Waals surface area contributed by atoms with Crippen LogP contribution in [0.5, 0.6) is 0 Å². The third-order valence-corrected chi connectivity index (χ3v) is 5.64. The highest BCUT2D eigenvalue weighted by Gasteiger charge is 2.19. The molecule has 134 valence electrons. The van der Waals surface area contributed by atoms with E-state index in [1.165, 1.54) is 24.7 Å². The van der Waals surface area contributed by atoms with Crippen LogP contribution < -0.4 is 10.0 Å². The van der Waals surface area contributed by atoms with Crippen molar-refractivity contribution in [2.45, 2.75) is 37.6 Å². The minimum Gasteiger partial charge on any atom is -0.355 e. The third kappa shape index (κ3) is 5.14. The summed E-state index contributed by atoms with van der Waals surface area (Å²) in [5.74, 6) is -0.299. The summed E-state index contributed by atoms with van der Waals surface area (Å²) in [6.07, 6.45) is 1.49. The molecule has 0 unspecified atom stereocenters. The van der Waals surface area contributed by atoms with Gasteiger partial charge in [-0.15, -0.1) is 0 Å². The van der Waals surface area contributed by atoms with Gasteiger partial charge in [0.25, 0.3) is 5.91 Å². The summed E-state index contributed by atoms with van der Waals surface area (Å²) in [4.78, 5) is 12.0. The molecule has 5 nitrogen and oxygen atoms in total. The van der Waals surface area contributed by atoms with Gasteiger partial charge in [0.1, 0.15) is 0 Å². The maximum atomic E-state index is 12.6. The zero-order valence-corrected chi connectivity index (χ0v) is 15.6. The molecule has 0 aliphatic heterocycles. The van der Waals surface area contributed by atoms with E-state index in [0.29, 0.717) is 12.0 Å². The minimum absolute atomic E-state index is 0.100. The number of benzene rings is 2. The molecule has 0 radical (unpaired) electrons. The van der Waals surface area contributed by atoms with E-state index in [2.05, 4.69) is 10.0 Å². The lowest BCUT2D eigenvalue weighted by atomic mass is 10.1. The van der Waals surface area contributed by atoms with E-state index in [0.717, 1.165) is 12.0 Å². The van der Waals surface area contributed by atoms with Gasteiger partial charge in [-0.1, -0.05) is 36.4 Å². The first-order valence-electron chi connectivity index (χ1n) is 8.22. The second-order valence-corrected chi connectivity index (χ2v) is 7.82. The SMILES string of the molecule is CNC(=O)c1cc(S(=O)(=O)N[C@H](C)CCc2ccccc2)ccc1C. The van der Waals surface area contributed by atoms with E-state index >= 15 is 0 Å². The highest BCUT2D eigenvalue weighted by atomic mass is 32.2. The van der Waals surface area contributed by atoms with Crippen molar-refractivity contribution in [3.63, 3.8) is 0 Å². The lowest BCUT2D eigenvalue weighted by Gasteiger charge is -2.15. The van der Waals surface area contributed by atoms with Crippen LogP contribution in [0.2, 0.25) is 0 Å². The Bertz CT molecular complexity index is 833. The van der Waals surface area contributed by atoms with Crippen molar-refractivity contribution in [3.8, 4) is 0 Å². The van der Waals surface area contributed by atoms with Gasteiger partial charge < -0.3 is 5.32 Å². The molecule has 25 heavy (non-hydrogen) atoms. The van der Waals surface area contributed by atoms with Crippen LogP contribution >= 0.6 is 0 Å². The summed E-state index contributed by atoms with van der Waals surface area (Å²) >= 11 is 0. The number of nitrogens with one attached hydrogen (secondary N) is 2. The van der Waals surface area contributed by atoms with E-state index in [1.54, 1.807) is 13.0 Å². The van der Waals surface area contributed by atoms with Crippen LogP contribution in [0.3, 0.4) is 0 Å². The maximum Gasteiger partial charge on any atom is 0.251 e. The smallest absolute Gasteiger partial charge is 0.251 e. The number of sulfonamides is 1. The molecule has 2 aromatic rings. The fourth-order valence-corrected chi connectivity index (χ4v) is 3.87. The van der Waals surface area contributed by atoms with Crippen molar-refractivity contribution >= 4 is 15.9 Å². The van der Waals surface area contributed by atoms with Crippen molar-refractivity contribution in [1.29, 1.82) is 0 Å². The van der Waals surface area contributed by atoms with E-state index in [9.17, 15) is 13.2 Å². The highest BCUT2D eigenvalue weighted by molar-refractivity contribution is 7.89. The van der Waals surface area contributed by atoms with Crippen LogP contribution in [0.4, 0.5) is 0 Å². The second-order valence-electron chi connectivity index (χ2n) is 6.10. The fraction of sp³-hybridized carbons (Fsp3) is 0.316. The van der Waals surface area contributed by atoms with Crippen LogP contribution in [-0.2, 0) is 16.4 Å². The summed E-state index contributed by atoms with van der Waals surface area (Å²) in [7, 11) is -2.15. The summed E-state index contributed by atoms with van der Waals surface area (Å²) in [6.45, 7) is 3.62. The van der Waals surface area contributed by atoms with Gasteiger partial charge in [0.05, 0.1) is 4.90 Å². The zero-order valence-electron chi connectivity index (χ0n) is 14.7. The number of carbonyl (C=O) groups excluding carboxylic acids is 1. The average Bonchev–Trinajstić information content (AvgIpc) is 2.60. The molecule has 0 bridgehead atoms. The average molecular weight is 360 g/mol. The number of aryl methyl sites for hydroxylation is 2. The second kappa shape index (κ2) is 8.27. The van der Waals surface area contributed by atoms with E-state index < -0.39 is 10.0 Å². The van der Waals surface area contributed by atoms with Gasteiger partial charge in [0.2, 0.25) is 10.0 Å². The van der Waals surface area contributed by atoms with Gasteiger partial charge in [-0.25, -0.2) is 13.1 Å². The Morgan fingerprint density at radius 2 is 1.80 bits per heavy atom. The summed E-state index contributed by atoms with van der Waals surface area (Å²) in [6, 6.07) is 14.3. The normalized spacial score (nSPS) is 12.6. The van der Waals surface area contributed by atoms with E-state index in [-0.39, 0.29) is 16.8 Å². The van der Waals surface area contributed by atoms with Crippen LogP contribution in [0.15, 0.2) is 53.4 Å². The van der Waals surface area contributed by atoms with Gasteiger partial charge in [-0.2, -0.15) is 0 Å². The monoisotopic (exact) mass is 360 g/mol. The van der Waals surface area contributed by atoms with E-state index in [1.807, 2.05) is 37.3 Å². The van der Waals surface area contributed by atoms with Gasteiger partial charge in [0, 0.05) is 18.7 Å². The molecule has 2 N–H and O–H groups in total. The van der Waals surface area contributed by atoms with Gasteiger partial charge in [-0.05, 0) is 49.9 Å². The molecule has 0 heterocycles. The lowest BCUT2D eigenvalue weighted by Crippen LogP contribution is -2.33. The van der Waals surface area contributed by atoms with Crippen molar-refractivity contribution in [3.05, 3.63) is 65.2 Å². The molecule has 2 aromatic carbocycles. The highest BCUT2D eigenvalue weighted by Crippen LogP contribution is 2.17. The predicted molar refractivity (Wildman–Crippen MR) is 99.1 cm³/mol. The predicted octanol–water partition coefficient (Wildman–Crippen LogP) is 2.65. The molecule has 0 saturated carbocycles. The van der Waals surface area contributed by atoms with Crippen molar-refractivity contribution < 1.29 is 13.2 Å². The lowest BCUT2D eigenvalue weighted by molar-refractivity contribution is 0.0962. The molecule has 1 atom stereocenters. The first-order valence-corrected chi connectivity index (χ1v) is 9.71. The third-order valence-electron chi connectivity index (χ3n) is 4.06. The Hall–Kier alpha value is -2.18. The molecular weight excluding hydrogens is 336 g/mol. The summed E-state index contributed by atoms with van der Waals surface area (Å²) < 4.78 is 27.9. The van der Waals surface area contributed by atoms with Crippen molar-refractivity contribution in [1.82, 2.24) is 10.0 Å². The fourth-order valence-electron chi connectivity index (χ4n) is 2.57. The van der Waals surface area contributed by atoms with Gasteiger partial charge >= 0.3 is 0 Å². The molecule has 0 aromatic heterocycles. The quantitative estimate of drug-likeness (QED) is 0.797.